The Balaban J connectivity index is 1.94. The Morgan fingerprint density at radius 2 is 2.29 bits per heavy atom. The first-order valence-electron chi connectivity index (χ1n) is 5.91. The third-order valence-corrected chi connectivity index (χ3v) is 4.12. The fourth-order valence-electron chi connectivity index (χ4n) is 1.99. The highest BCUT2D eigenvalue weighted by Crippen LogP contribution is 2.33. The van der Waals surface area contributed by atoms with E-state index in [1.807, 2.05) is 18.2 Å². The van der Waals surface area contributed by atoms with Gasteiger partial charge in [-0.2, -0.15) is 0 Å². The van der Waals surface area contributed by atoms with Crippen molar-refractivity contribution in [2.24, 2.45) is 0 Å². The highest BCUT2D eigenvalue weighted by Gasteiger charge is 2.22. The summed E-state index contributed by atoms with van der Waals surface area (Å²) in [6.45, 7) is 2.13. The van der Waals surface area contributed by atoms with Gasteiger partial charge in [-0.1, -0.05) is 0 Å². The lowest BCUT2D eigenvalue weighted by molar-refractivity contribution is 0.0700. The summed E-state index contributed by atoms with van der Waals surface area (Å²) < 4.78 is 11.1. The van der Waals surface area contributed by atoms with Gasteiger partial charge in [-0.25, -0.2) is 0 Å². The quantitative estimate of drug-likeness (QED) is 0.662. The van der Waals surface area contributed by atoms with Gasteiger partial charge in [0.25, 0.3) is 0 Å². The summed E-state index contributed by atoms with van der Waals surface area (Å²) in [5.74, 6) is 1.82. The van der Waals surface area contributed by atoms with Crippen LogP contribution in [0.4, 0.5) is 5.69 Å². The van der Waals surface area contributed by atoms with Gasteiger partial charge >= 0.3 is 0 Å². The highest BCUT2D eigenvalue weighted by atomic mass is 32.2. The van der Waals surface area contributed by atoms with Crippen molar-refractivity contribution in [1.29, 1.82) is 0 Å². The molecule has 3 nitrogen and oxygen atoms in total. The van der Waals surface area contributed by atoms with E-state index in [0.29, 0.717) is 12.2 Å². The van der Waals surface area contributed by atoms with Crippen molar-refractivity contribution in [3.8, 4) is 5.75 Å². The van der Waals surface area contributed by atoms with E-state index >= 15 is 0 Å². The van der Waals surface area contributed by atoms with Crippen LogP contribution in [0.1, 0.15) is 19.8 Å². The molecule has 94 valence electrons. The van der Waals surface area contributed by atoms with E-state index < -0.39 is 0 Å². The molecule has 17 heavy (non-hydrogen) atoms. The second kappa shape index (κ2) is 5.65. The van der Waals surface area contributed by atoms with Crippen molar-refractivity contribution < 1.29 is 9.47 Å². The van der Waals surface area contributed by atoms with Gasteiger partial charge < -0.3 is 15.2 Å². The smallest absolute Gasteiger partial charge is 0.134 e. The first-order valence-corrected chi connectivity index (χ1v) is 6.89. The number of nitrogen functional groups attached to an aromatic ring is 1. The van der Waals surface area contributed by atoms with E-state index in [4.69, 9.17) is 15.2 Å². The van der Waals surface area contributed by atoms with E-state index in [-0.39, 0.29) is 0 Å². The van der Waals surface area contributed by atoms with Gasteiger partial charge in [0.15, 0.2) is 0 Å². The first kappa shape index (κ1) is 12.6. The maximum atomic E-state index is 5.79. The van der Waals surface area contributed by atoms with Crippen LogP contribution >= 0.6 is 11.8 Å². The van der Waals surface area contributed by atoms with Gasteiger partial charge in [0.05, 0.1) is 19.3 Å². The Morgan fingerprint density at radius 3 is 2.94 bits per heavy atom. The molecule has 4 heteroatoms. The second-order valence-electron chi connectivity index (χ2n) is 4.37. The third-order valence-electron chi connectivity index (χ3n) is 2.93. The Kier molecular flexibility index (Phi) is 4.18. The van der Waals surface area contributed by atoms with Gasteiger partial charge in [-0.15, -0.1) is 11.8 Å². The van der Waals surface area contributed by atoms with Crippen LogP contribution in [-0.2, 0) is 4.74 Å². The van der Waals surface area contributed by atoms with Gasteiger partial charge in [-0.3, -0.25) is 0 Å². The molecule has 2 unspecified atom stereocenters. The number of hydrogen-bond donors (Lipinski definition) is 1. The lowest BCUT2D eigenvalue weighted by Gasteiger charge is -2.12. The largest absolute Gasteiger partial charge is 0.496 e. The molecule has 1 heterocycles. The molecule has 0 saturated carbocycles. The van der Waals surface area contributed by atoms with E-state index in [2.05, 4.69) is 6.92 Å². The molecular weight excluding hydrogens is 234 g/mol. The highest BCUT2D eigenvalue weighted by molar-refractivity contribution is 7.99. The van der Waals surface area contributed by atoms with Crippen LogP contribution in [0, 0.1) is 0 Å². The van der Waals surface area contributed by atoms with Crippen molar-refractivity contribution in [2.45, 2.75) is 36.9 Å². The molecule has 2 atom stereocenters. The monoisotopic (exact) mass is 253 g/mol. The number of hydrogen-bond acceptors (Lipinski definition) is 4. The molecule has 1 aromatic carbocycles. The van der Waals surface area contributed by atoms with Crippen molar-refractivity contribution >= 4 is 17.4 Å². The zero-order valence-electron chi connectivity index (χ0n) is 10.3. The Hall–Kier alpha value is -0.870. The first-order chi connectivity index (χ1) is 8.19. The molecule has 0 bridgehead atoms. The number of benzene rings is 1. The minimum Gasteiger partial charge on any atom is -0.496 e. The molecular formula is C13H19NO2S. The minimum atomic E-state index is 0.372. The van der Waals surface area contributed by atoms with Crippen LogP contribution in [0.5, 0.6) is 5.75 Å². The fourth-order valence-corrected chi connectivity index (χ4v) is 3.05. The number of nitrogens with two attached hydrogens (primary N) is 1. The zero-order valence-corrected chi connectivity index (χ0v) is 11.1. The normalized spacial score (nSPS) is 23.9. The topological polar surface area (TPSA) is 44.5 Å². The predicted octanol–water partition coefficient (Wildman–Crippen LogP) is 2.94. The maximum Gasteiger partial charge on any atom is 0.134 e. The molecule has 0 spiro atoms. The van der Waals surface area contributed by atoms with Gasteiger partial charge in [-0.05, 0) is 31.9 Å². The molecule has 0 aromatic heterocycles. The van der Waals surface area contributed by atoms with Crippen molar-refractivity contribution in [1.82, 2.24) is 0 Å². The number of methoxy groups -OCH3 is 1. The van der Waals surface area contributed by atoms with Crippen LogP contribution in [0.15, 0.2) is 23.1 Å². The number of ether oxygens (including phenoxy) is 2. The SMILES string of the molecule is COc1cc(N)ccc1SCC1CCC(C)O1. The van der Waals surface area contributed by atoms with Crippen LogP contribution in [-0.4, -0.2) is 25.1 Å². The maximum absolute atomic E-state index is 5.79. The van der Waals surface area contributed by atoms with Gasteiger partial charge in [0.1, 0.15) is 5.75 Å². The molecule has 1 aromatic rings. The average Bonchev–Trinajstić information content (AvgIpc) is 2.73. The predicted molar refractivity (Wildman–Crippen MR) is 71.7 cm³/mol. The minimum absolute atomic E-state index is 0.372. The Labute approximate surface area is 107 Å². The average molecular weight is 253 g/mol. The second-order valence-corrected chi connectivity index (χ2v) is 5.43. The van der Waals surface area contributed by atoms with Gasteiger partial charge in [0.2, 0.25) is 0 Å². The molecule has 2 N–H and O–H groups in total. The van der Waals surface area contributed by atoms with E-state index in [1.54, 1.807) is 18.9 Å². The van der Waals surface area contributed by atoms with Crippen LogP contribution < -0.4 is 10.5 Å². The summed E-state index contributed by atoms with van der Waals surface area (Å²) in [7, 11) is 1.67. The van der Waals surface area contributed by atoms with E-state index in [0.717, 1.165) is 28.5 Å². The molecule has 2 rings (SSSR count). The number of thioether (sulfide) groups is 1. The summed E-state index contributed by atoms with van der Waals surface area (Å²) in [6.07, 6.45) is 3.11. The van der Waals surface area contributed by atoms with Crippen molar-refractivity contribution in [2.75, 3.05) is 18.6 Å². The lowest BCUT2D eigenvalue weighted by atomic mass is 10.2. The van der Waals surface area contributed by atoms with Crippen LogP contribution in [0.25, 0.3) is 0 Å². The summed E-state index contributed by atoms with van der Waals surface area (Å²) >= 11 is 1.77. The Bertz CT molecular complexity index is 384. The molecule has 1 aliphatic heterocycles. The Morgan fingerprint density at radius 1 is 1.47 bits per heavy atom. The van der Waals surface area contributed by atoms with Crippen molar-refractivity contribution in [3.05, 3.63) is 18.2 Å². The summed E-state index contributed by atoms with van der Waals surface area (Å²) in [4.78, 5) is 1.13. The third kappa shape index (κ3) is 3.30. The van der Waals surface area contributed by atoms with Crippen molar-refractivity contribution in [3.63, 3.8) is 0 Å². The fraction of sp³-hybridized carbons (Fsp3) is 0.538. The summed E-state index contributed by atoms with van der Waals surface area (Å²) in [6, 6.07) is 5.78. The number of anilines is 1. The summed E-state index contributed by atoms with van der Waals surface area (Å²) in [5.41, 5.74) is 6.46. The number of rotatable bonds is 4. The molecule has 0 amide bonds. The molecule has 0 aliphatic carbocycles. The summed E-state index contributed by atoms with van der Waals surface area (Å²) in [5, 5.41) is 0. The molecule has 1 saturated heterocycles. The molecule has 1 fully saturated rings. The van der Waals surface area contributed by atoms with E-state index in [1.165, 1.54) is 6.42 Å². The van der Waals surface area contributed by atoms with Gasteiger partial charge in [0, 0.05) is 22.4 Å². The standard InChI is InChI=1S/C13H19NO2S/c1-9-3-5-11(16-9)8-17-13-6-4-10(14)7-12(13)15-2/h4,6-7,9,11H,3,5,8,14H2,1-2H3. The van der Waals surface area contributed by atoms with E-state index in [9.17, 15) is 0 Å². The molecule has 1 aliphatic rings. The zero-order chi connectivity index (χ0) is 12.3. The lowest BCUT2D eigenvalue weighted by Crippen LogP contribution is -2.10. The van der Waals surface area contributed by atoms with Crippen LogP contribution in [0.2, 0.25) is 0 Å². The van der Waals surface area contributed by atoms with Crippen LogP contribution in [0.3, 0.4) is 0 Å². The molecule has 0 radical (unpaired) electrons.